The molecule has 0 bridgehead atoms. The molecule has 0 aliphatic carbocycles. The zero-order valence-corrected chi connectivity index (χ0v) is 11.1. The van der Waals surface area contributed by atoms with Gasteiger partial charge in [0, 0.05) is 0 Å². The monoisotopic (exact) mass is 272 g/mol. The highest BCUT2D eigenvalue weighted by Gasteiger charge is 2.10. The zero-order chi connectivity index (χ0) is 14.2. The SMILES string of the molecule is OB(O)c1cccc(OCCOCc2ccccc2)c1. The minimum atomic E-state index is -1.48. The van der Waals surface area contributed by atoms with E-state index in [1.165, 1.54) is 0 Å². The number of benzene rings is 2. The molecule has 0 amide bonds. The lowest BCUT2D eigenvalue weighted by Gasteiger charge is -2.08. The highest BCUT2D eigenvalue weighted by Crippen LogP contribution is 2.07. The minimum absolute atomic E-state index is 0.410. The van der Waals surface area contributed by atoms with Crippen molar-refractivity contribution < 1.29 is 19.5 Å². The molecule has 0 saturated heterocycles. The topological polar surface area (TPSA) is 58.9 Å². The number of hydrogen-bond donors (Lipinski definition) is 2. The molecule has 0 saturated carbocycles. The molecule has 0 fully saturated rings. The Morgan fingerprint density at radius 1 is 0.900 bits per heavy atom. The van der Waals surface area contributed by atoms with Gasteiger partial charge in [0.15, 0.2) is 0 Å². The minimum Gasteiger partial charge on any atom is -0.491 e. The van der Waals surface area contributed by atoms with E-state index in [0.717, 1.165) is 5.56 Å². The van der Waals surface area contributed by atoms with Crippen molar-refractivity contribution in [3.8, 4) is 5.75 Å². The maximum Gasteiger partial charge on any atom is 0.488 e. The van der Waals surface area contributed by atoms with Crippen LogP contribution in [0.4, 0.5) is 0 Å². The molecule has 0 unspecified atom stereocenters. The molecule has 2 N–H and O–H groups in total. The quantitative estimate of drug-likeness (QED) is 0.582. The second-order valence-corrected chi connectivity index (χ2v) is 4.33. The van der Waals surface area contributed by atoms with Crippen molar-refractivity contribution >= 4 is 12.6 Å². The molecule has 2 rings (SSSR count). The number of hydrogen-bond acceptors (Lipinski definition) is 4. The molecule has 0 aliphatic rings. The summed E-state index contributed by atoms with van der Waals surface area (Å²) in [5.41, 5.74) is 1.53. The van der Waals surface area contributed by atoms with Crippen LogP contribution in [0.15, 0.2) is 54.6 Å². The first-order chi connectivity index (χ1) is 9.75. The van der Waals surface area contributed by atoms with Crippen molar-refractivity contribution in [3.05, 3.63) is 60.2 Å². The molecule has 4 nitrogen and oxygen atoms in total. The van der Waals surface area contributed by atoms with Gasteiger partial charge >= 0.3 is 7.12 Å². The molecule has 2 aromatic rings. The summed E-state index contributed by atoms with van der Waals surface area (Å²) < 4.78 is 11.0. The molecular weight excluding hydrogens is 255 g/mol. The third-order valence-electron chi connectivity index (χ3n) is 2.76. The molecule has 5 heteroatoms. The summed E-state index contributed by atoms with van der Waals surface area (Å²) in [6.45, 7) is 1.44. The highest BCUT2D eigenvalue weighted by atomic mass is 16.5. The highest BCUT2D eigenvalue weighted by molar-refractivity contribution is 6.58. The summed E-state index contributed by atoms with van der Waals surface area (Å²) in [4.78, 5) is 0. The summed E-state index contributed by atoms with van der Waals surface area (Å²) in [6.07, 6.45) is 0. The molecular formula is C15H17BO4. The fourth-order valence-corrected chi connectivity index (χ4v) is 1.75. The largest absolute Gasteiger partial charge is 0.491 e. The van der Waals surface area contributed by atoms with E-state index in [-0.39, 0.29) is 0 Å². The molecule has 0 spiro atoms. The van der Waals surface area contributed by atoms with Crippen LogP contribution >= 0.6 is 0 Å². The Bertz CT molecular complexity index is 516. The van der Waals surface area contributed by atoms with E-state index in [1.54, 1.807) is 24.3 Å². The zero-order valence-electron chi connectivity index (χ0n) is 11.1. The fourth-order valence-electron chi connectivity index (χ4n) is 1.75. The molecule has 20 heavy (non-hydrogen) atoms. The van der Waals surface area contributed by atoms with Gasteiger partial charge in [0.05, 0.1) is 13.2 Å². The van der Waals surface area contributed by atoms with Crippen LogP contribution in [0, 0.1) is 0 Å². The fraction of sp³-hybridized carbons (Fsp3) is 0.200. The van der Waals surface area contributed by atoms with Crippen LogP contribution in [0.1, 0.15) is 5.56 Å². The van der Waals surface area contributed by atoms with Gasteiger partial charge in [0.1, 0.15) is 12.4 Å². The van der Waals surface area contributed by atoms with Crippen molar-refractivity contribution in [1.82, 2.24) is 0 Å². The van der Waals surface area contributed by atoms with Gasteiger partial charge in [0.2, 0.25) is 0 Å². The van der Waals surface area contributed by atoms with E-state index in [1.807, 2.05) is 30.3 Å². The average Bonchev–Trinajstić information content (AvgIpc) is 2.48. The van der Waals surface area contributed by atoms with Crippen LogP contribution in [0.2, 0.25) is 0 Å². The predicted molar refractivity (Wildman–Crippen MR) is 77.9 cm³/mol. The molecule has 0 radical (unpaired) electrons. The number of ether oxygens (including phenoxy) is 2. The van der Waals surface area contributed by atoms with Gasteiger partial charge < -0.3 is 19.5 Å². The van der Waals surface area contributed by atoms with Gasteiger partial charge in [-0.2, -0.15) is 0 Å². The molecule has 0 aromatic heterocycles. The molecule has 0 aliphatic heterocycles. The Kier molecular flexibility index (Phi) is 5.61. The standard InChI is InChI=1S/C15H17BO4/c17-16(18)14-7-4-8-15(11-14)20-10-9-19-12-13-5-2-1-3-6-13/h1-8,11,17-18H,9-10,12H2. The van der Waals surface area contributed by atoms with E-state index in [4.69, 9.17) is 19.5 Å². The van der Waals surface area contributed by atoms with Gasteiger partial charge in [-0.3, -0.25) is 0 Å². The maximum atomic E-state index is 9.06. The summed E-state index contributed by atoms with van der Waals surface area (Å²) >= 11 is 0. The van der Waals surface area contributed by atoms with Gasteiger partial charge in [0.25, 0.3) is 0 Å². The van der Waals surface area contributed by atoms with Crippen molar-refractivity contribution in [2.45, 2.75) is 6.61 Å². The van der Waals surface area contributed by atoms with Crippen molar-refractivity contribution in [2.75, 3.05) is 13.2 Å². The van der Waals surface area contributed by atoms with E-state index in [2.05, 4.69) is 0 Å². The molecule has 0 heterocycles. The van der Waals surface area contributed by atoms with Gasteiger partial charge in [-0.25, -0.2) is 0 Å². The smallest absolute Gasteiger partial charge is 0.488 e. The summed E-state index contributed by atoms with van der Waals surface area (Å²) in [7, 11) is -1.48. The van der Waals surface area contributed by atoms with Crippen molar-refractivity contribution in [2.24, 2.45) is 0 Å². The lowest BCUT2D eigenvalue weighted by atomic mass is 9.80. The first-order valence-electron chi connectivity index (χ1n) is 6.46. The first-order valence-corrected chi connectivity index (χ1v) is 6.46. The third kappa shape index (κ3) is 4.70. The van der Waals surface area contributed by atoms with Crippen molar-refractivity contribution in [1.29, 1.82) is 0 Å². The van der Waals surface area contributed by atoms with Crippen LogP contribution in [0.3, 0.4) is 0 Å². The second kappa shape index (κ2) is 7.70. The summed E-state index contributed by atoms with van der Waals surface area (Å²) in [5.74, 6) is 0.596. The normalized spacial score (nSPS) is 10.3. The van der Waals surface area contributed by atoms with Crippen LogP contribution in [-0.2, 0) is 11.3 Å². The number of rotatable bonds is 7. The lowest BCUT2D eigenvalue weighted by Crippen LogP contribution is -2.29. The summed E-state index contributed by atoms with van der Waals surface area (Å²) in [6, 6.07) is 16.6. The lowest BCUT2D eigenvalue weighted by molar-refractivity contribution is 0.0889. The maximum absolute atomic E-state index is 9.06. The Morgan fingerprint density at radius 3 is 2.45 bits per heavy atom. The Morgan fingerprint density at radius 2 is 1.70 bits per heavy atom. The van der Waals surface area contributed by atoms with Gasteiger partial charge in [-0.05, 0) is 23.2 Å². The van der Waals surface area contributed by atoms with Crippen molar-refractivity contribution in [3.63, 3.8) is 0 Å². The predicted octanol–water partition coefficient (Wildman–Crippen LogP) is 0.962. The van der Waals surface area contributed by atoms with E-state index >= 15 is 0 Å². The van der Waals surface area contributed by atoms with Gasteiger partial charge in [-0.15, -0.1) is 0 Å². The first kappa shape index (κ1) is 14.6. The Balaban J connectivity index is 1.69. The Hall–Kier alpha value is -1.82. The van der Waals surface area contributed by atoms with E-state index < -0.39 is 7.12 Å². The van der Waals surface area contributed by atoms with Gasteiger partial charge in [-0.1, -0.05) is 42.5 Å². The summed E-state index contributed by atoms with van der Waals surface area (Å²) in [5, 5.41) is 18.1. The average molecular weight is 272 g/mol. The third-order valence-corrected chi connectivity index (χ3v) is 2.76. The van der Waals surface area contributed by atoms with E-state index in [0.29, 0.717) is 31.0 Å². The molecule has 104 valence electrons. The van der Waals surface area contributed by atoms with E-state index in [9.17, 15) is 0 Å². The molecule has 0 atom stereocenters. The Labute approximate surface area is 118 Å². The van der Waals surface area contributed by atoms with Crippen LogP contribution in [0.25, 0.3) is 0 Å². The van der Waals surface area contributed by atoms with Crippen LogP contribution < -0.4 is 10.2 Å². The van der Waals surface area contributed by atoms with Crippen LogP contribution in [0.5, 0.6) is 5.75 Å². The second-order valence-electron chi connectivity index (χ2n) is 4.33. The molecule has 2 aromatic carbocycles. The van der Waals surface area contributed by atoms with Crippen LogP contribution in [-0.4, -0.2) is 30.4 Å².